The smallest absolute Gasteiger partial charge is 0.264 e. The number of rotatable bonds is 1. The van der Waals surface area contributed by atoms with Crippen molar-refractivity contribution in [3.05, 3.63) is 36.1 Å². The molecular weight excluding hydrogens is 195 g/mol. The Morgan fingerprint density at radius 2 is 1.62 bits per heavy atom. The molecule has 0 fully saturated rings. The predicted molar refractivity (Wildman–Crippen MR) is 48.3 cm³/mol. The van der Waals surface area contributed by atoms with E-state index in [2.05, 4.69) is 4.18 Å². The fourth-order valence-corrected chi connectivity index (χ4v) is 0.415. The van der Waals surface area contributed by atoms with E-state index in [1.807, 2.05) is 0 Å². The molecule has 0 heterocycles. The normalized spacial score (nSPS) is 10.1. The molecule has 0 unspecified atom stereocenters. The van der Waals surface area contributed by atoms with E-state index in [4.69, 9.17) is 0 Å². The van der Waals surface area contributed by atoms with Gasteiger partial charge in [0.25, 0.3) is 10.1 Å². The topological polar surface area (TPSA) is 43.4 Å². The lowest BCUT2D eigenvalue weighted by atomic mass is 10.4. The van der Waals surface area contributed by atoms with E-state index in [0.717, 1.165) is 13.4 Å². The van der Waals surface area contributed by atoms with Crippen molar-refractivity contribution in [2.75, 3.05) is 13.4 Å². The molecule has 5 heteroatoms. The van der Waals surface area contributed by atoms with Crippen molar-refractivity contribution in [1.29, 1.82) is 0 Å². The molecule has 1 rings (SSSR count). The van der Waals surface area contributed by atoms with Gasteiger partial charge in [-0.05, 0) is 12.1 Å². The first-order valence-electron chi connectivity index (χ1n) is 3.42. The first kappa shape index (κ1) is 12.1. The van der Waals surface area contributed by atoms with E-state index in [1.54, 1.807) is 18.2 Å². The molecule has 0 aliphatic carbocycles. The van der Waals surface area contributed by atoms with Crippen molar-refractivity contribution >= 4 is 10.1 Å². The third-order valence-electron chi connectivity index (χ3n) is 1.04. The Morgan fingerprint density at radius 1 is 1.23 bits per heavy atom. The lowest BCUT2D eigenvalue weighted by Gasteiger charge is -1.84. The summed E-state index contributed by atoms with van der Waals surface area (Å²) in [5.41, 5.74) is 0. The molecule has 1 aromatic rings. The Morgan fingerprint density at radius 3 is 1.77 bits per heavy atom. The van der Waals surface area contributed by atoms with Gasteiger partial charge in [-0.15, -0.1) is 0 Å². The second-order valence-corrected chi connectivity index (χ2v) is 3.91. The highest BCUT2D eigenvalue weighted by atomic mass is 32.2. The van der Waals surface area contributed by atoms with E-state index in [1.165, 1.54) is 12.1 Å². The fourth-order valence-electron chi connectivity index (χ4n) is 0.415. The van der Waals surface area contributed by atoms with Crippen molar-refractivity contribution in [3.63, 3.8) is 0 Å². The predicted octanol–water partition coefficient (Wildman–Crippen LogP) is 1.42. The number of hydrogen-bond donors (Lipinski definition) is 0. The largest absolute Gasteiger partial charge is 0.274 e. The Hall–Kier alpha value is -0.940. The molecule has 0 radical (unpaired) electrons. The Bertz CT molecular complexity index is 321. The van der Waals surface area contributed by atoms with Gasteiger partial charge in [-0.2, -0.15) is 8.42 Å². The first-order chi connectivity index (χ1) is 5.95. The second kappa shape index (κ2) is 5.66. The van der Waals surface area contributed by atoms with Crippen LogP contribution in [-0.4, -0.2) is 21.8 Å². The van der Waals surface area contributed by atoms with E-state index in [-0.39, 0.29) is 5.82 Å². The summed E-state index contributed by atoms with van der Waals surface area (Å²) in [5.74, 6) is -0.178. The molecule has 0 bridgehead atoms. The summed E-state index contributed by atoms with van der Waals surface area (Å²) in [5, 5.41) is 0. The lowest BCUT2D eigenvalue weighted by Crippen LogP contribution is -1.95. The molecule has 0 N–H and O–H groups in total. The van der Waals surface area contributed by atoms with Crippen LogP contribution in [0.25, 0.3) is 0 Å². The number of benzene rings is 1. The average Bonchev–Trinajstić information content (AvgIpc) is 2.06. The van der Waals surface area contributed by atoms with Gasteiger partial charge in [0.2, 0.25) is 0 Å². The van der Waals surface area contributed by atoms with Crippen LogP contribution >= 0.6 is 0 Å². The summed E-state index contributed by atoms with van der Waals surface area (Å²) in [7, 11) is -2.04. The van der Waals surface area contributed by atoms with E-state index in [0.29, 0.717) is 0 Å². The zero-order chi connectivity index (χ0) is 10.3. The molecule has 0 atom stereocenters. The summed E-state index contributed by atoms with van der Waals surface area (Å²) in [6, 6.07) is 7.94. The quantitative estimate of drug-likeness (QED) is 0.653. The molecule has 0 spiro atoms. The molecular formula is C8H11FO3S. The van der Waals surface area contributed by atoms with Crippen LogP contribution < -0.4 is 0 Å². The maximum absolute atomic E-state index is 11.9. The van der Waals surface area contributed by atoms with Crippen molar-refractivity contribution in [2.45, 2.75) is 0 Å². The van der Waals surface area contributed by atoms with Gasteiger partial charge < -0.3 is 0 Å². The van der Waals surface area contributed by atoms with Gasteiger partial charge in [-0.1, -0.05) is 18.2 Å². The molecule has 0 aliphatic heterocycles. The number of hydrogen-bond acceptors (Lipinski definition) is 3. The Balaban J connectivity index is 0.000000226. The van der Waals surface area contributed by atoms with Crippen molar-refractivity contribution in [1.82, 2.24) is 0 Å². The minimum absolute atomic E-state index is 0.178. The minimum atomic E-state index is -3.16. The summed E-state index contributed by atoms with van der Waals surface area (Å²) in [6.45, 7) is 0. The van der Waals surface area contributed by atoms with Crippen LogP contribution in [0.4, 0.5) is 4.39 Å². The molecule has 0 amide bonds. The molecule has 0 aromatic heterocycles. The van der Waals surface area contributed by atoms with Crippen LogP contribution in [0.5, 0.6) is 0 Å². The first-order valence-corrected chi connectivity index (χ1v) is 5.23. The summed E-state index contributed by atoms with van der Waals surface area (Å²) < 4.78 is 35.4. The van der Waals surface area contributed by atoms with Gasteiger partial charge in [-0.3, -0.25) is 4.18 Å². The van der Waals surface area contributed by atoms with E-state index >= 15 is 0 Å². The summed E-state index contributed by atoms with van der Waals surface area (Å²) in [6.07, 6.45) is 0.993. The third kappa shape index (κ3) is 8.97. The molecule has 0 saturated heterocycles. The van der Waals surface area contributed by atoms with Crippen LogP contribution in [-0.2, 0) is 14.3 Å². The fraction of sp³-hybridized carbons (Fsp3) is 0.250. The molecule has 0 saturated carbocycles. The van der Waals surface area contributed by atoms with Crippen LogP contribution in [0, 0.1) is 5.82 Å². The van der Waals surface area contributed by atoms with Gasteiger partial charge in [0.05, 0.1) is 13.4 Å². The van der Waals surface area contributed by atoms with Crippen LogP contribution in [0.15, 0.2) is 30.3 Å². The Kier molecular flexibility index (Phi) is 5.25. The highest BCUT2D eigenvalue weighted by Gasteiger charge is 1.90. The zero-order valence-corrected chi connectivity index (χ0v) is 8.21. The maximum Gasteiger partial charge on any atom is 0.264 e. The van der Waals surface area contributed by atoms with E-state index in [9.17, 15) is 12.8 Å². The Labute approximate surface area is 77.3 Å². The summed E-state index contributed by atoms with van der Waals surface area (Å²) >= 11 is 0. The number of halogens is 1. The molecule has 0 aliphatic rings. The standard InChI is InChI=1S/C6H5F.C2H6O3S/c7-6-4-2-1-3-5-6;1-5-6(2,3)4/h1-5H;1-2H3. The SMILES string of the molecule is COS(C)(=O)=O.Fc1ccccc1. The zero-order valence-electron chi connectivity index (χ0n) is 7.40. The molecule has 74 valence electrons. The minimum Gasteiger partial charge on any atom is -0.274 e. The monoisotopic (exact) mass is 206 g/mol. The van der Waals surface area contributed by atoms with Crippen molar-refractivity contribution in [3.8, 4) is 0 Å². The van der Waals surface area contributed by atoms with Gasteiger partial charge >= 0.3 is 0 Å². The molecule has 1 aromatic carbocycles. The molecule has 3 nitrogen and oxygen atoms in total. The van der Waals surface area contributed by atoms with Gasteiger partial charge in [0, 0.05) is 0 Å². The average molecular weight is 206 g/mol. The second-order valence-electron chi connectivity index (χ2n) is 2.17. The summed E-state index contributed by atoms with van der Waals surface area (Å²) in [4.78, 5) is 0. The van der Waals surface area contributed by atoms with Crippen LogP contribution in [0.3, 0.4) is 0 Å². The van der Waals surface area contributed by atoms with E-state index < -0.39 is 10.1 Å². The molecule has 13 heavy (non-hydrogen) atoms. The maximum atomic E-state index is 11.9. The van der Waals surface area contributed by atoms with Gasteiger partial charge in [0.1, 0.15) is 5.82 Å². The van der Waals surface area contributed by atoms with Crippen molar-refractivity contribution < 1.29 is 17.0 Å². The lowest BCUT2D eigenvalue weighted by molar-refractivity contribution is 0.403. The third-order valence-corrected chi connectivity index (χ3v) is 1.64. The van der Waals surface area contributed by atoms with Crippen LogP contribution in [0.2, 0.25) is 0 Å². The van der Waals surface area contributed by atoms with Crippen molar-refractivity contribution in [2.24, 2.45) is 0 Å². The van der Waals surface area contributed by atoms with Crippen LogP contribution in [0.1, 0.15) is 0 Å². The highest BCUT2D eigenvalue weighted by molar-refractivity contribution is 7.85. The van der Waals surface area contributed by atoms with Gasteiger partial charge in [0.15, 0.2) is 0 Å². The highest BCUT2D eigenvalue weighted by Crippen LogP contribution is 1.91. The van der Waals surface area contributed by atoms with Gasteiger partial charge in [-0.25, -0.2) is 4.39 Å².